The molecule has 0 saturated heterocycles. The van der Waals surface area contributed by atoms with E-state index in [1.807, 2.05) is 18.6 Å². The van der Waals surface area contributed by atoms with Gasteiger partial charge < -0.3 is 10.6 Å². The smallest absolute Gasteiger partial charge is 0.224 e. The van der Waals surface area contributed by atoms with Gasteiger partial charge in [-0.05, 0) is 71.4 Å². The minimum atomic E-state index is -0.119. The number of carbonyl (C=O) groups is 1. The van der Waals surface area contributed by atoms with Gasteiger partial charge in [0.25, 0.3) is 0 Å². The van der Waals surface area contributed by atoms with Crippen LogP contribution >= 0.6 is 0 Å². The highest BCUT2D eigenvalue weighted by atomic mass is 16.2. The van der Waals surface area contributed by atoms with Crippen LogP contribution in [-0.4, -0.2) is 17.1 Å². The van der Waals surface area contributed by atoms with Gasteiger partial charge in [0.05, 0.1) is 0 Å². The number of benzene rings is 1. The number of rotatable bonds is 4. The molecular weight excluding hydrogens is 310 g/mol. The monoisotopic (exact) mass is 331 g/mol. The van der Waals surface area contributed by atoms with Gasteiger partial charge in [0.1, 0.15) is 6.17 Å². The zero-order valence-electron chi connectivity index (χ0n) is 14.0. The van der Waals surface area contributed by atoms with Crippen LogP contribution in [0.15, 0.2) is 36.7 Å². The van der Waals surface area contributed by atoms with Gasteiger partial charge in [-0.25, -0.2) is 0 Å². The quantitative estimate of drug-likeness (QED) is 0.895. The molecule has 1 atom stereocenters. The van der Waals surface area contributed by atoms with Crippen LogP contribution in [0.2, 0.25) is 0 Å². The van der Waals surface area contributed by atoms with Gasteiger partial charge in [0.15, 0.2) is 0 Å². The van der Waals surface area contributed by atoms with E-state index in [1.54, 1.807) is 0 Å². The van der Waals surface area contributed by atoms with Crippen molar-refractivity contribution in [2.24, 2.45) is 5.92 Å². The summed E-state index contributed by atoms with van der Waals surface area (Å²) in [6.45, 7) is 0. The van der Waals surface area contributed by atoms with E-state index < -0.39 is 0 Å². The van der Waals surface area contributed by atoms with E-state index in [-0.39, 0.29) is 18.0 Å². The molecule has 1 amide bonds. The number of carbonyl (C=O) groups excluding carboxylic acids is 1. The number of hydrogen-bond acceptors (Lipinski definition) is 3. The first kappa shape index (κ1) is 14.7. The van der Waals surface area contributed by atoms with Crippen LogP contribution in [0, 0.1) is 5.92 Å². The zero-order valence-corrected chi connectivity index (χ0v) is 14.0. The lowest BCUT2D eigenvalue weighted by Crippen LogP contribution is -2.48. The molecule has 126 valence electrons. The summed E-state index contributed by atoms with van der Waals surface area (Å²) in [5, 5.41) is 8.65. The molecule has 1 aromatic carbocycles. The van der Waals surface area contributed by atoms with Crippen LogP contribution in [0.5, 0.6) is 0 Å². The second-order valence-corrected chi connectivity index (χ2v) is 7.32. The van der Waals surface area contributed by atoms with Crippen molar-refractivity contribution < 1.29 is 4.79 Å². The second kappa shape index (κ2) is 5.73. The maximum absolute atomic E-state index is 11.9. The molecule has 2 aromatic rings. The molecule has 0 spiro atoms. The summed E-state index contributed by atoms with van der Waals surface area (Å²) in [7, 11) is 0. The van der Waals surface area contributed by atoms with E-state index in [9.17, 15) is 4.79 Å². The van der Waals surface area contributed by atoms with Crippen LogP contribution in [0.1, 0.15) is 37.2 Å². The van der Waals surface area contributed by atoms with Crippen molar-refractivity contribution in [1.82, 2.24) is 15.6 Å². The van der Waals surface area contributed by atoms with Crippen molar-refractivity contribution in [1.29, 1.82) is 0 Å². The molecule has 2 saturated carbocycles. The predicted octanol–water partition coefficient (Wildman–Crippen LogP) is 1.60. The first-order valence-electron chi connectivity index (χ1n) is 9.11. The van der Waals surface area contributed by atoms with Crippen molar-refractivity contribution in [3.63, 3.8) is 0 Å². The van der Waals surface area contributed by atoms with Gasteiger partial charge in [0, 0.05) is 30.1 Å². The molecule has 2 N–H and O–H groups in total. The summed E-state index contributed by atoms with van der Waals surface area (Å²) in [6, 6.07) is 8.67. The number of amides is 1. The molecule has 5 rings (SSSR count). The standard InChI is InChI=1S/C21H21N3O/c25-21(14-3-4-14)24-20-10-15-5-6-16(9-17(15)11-23-20)19-12-22-8-7-18(19)13-1-2-13/h5-14,20,23H,1-4H2,(H,24,25). The van der Waals surface area contributed by atoms with Crippen LogP contribution < -0.4 is 21.1 Å². The fraction of sp³-hybridized carbons (Fsp3) is 0.333. The molecule has 2 fully saturated rings. The Labute approximate surface area is 146 Å². The van der Waals surface area contributed by atoms with Crippen LogP contribution in [-0.2, 0) is 4.79 Å². The van der Waals surface area contributed by atoms with Crippen LogP contribution in [0.25, 0.3) is 23.4 Å². The molecule has 1 aliphatic heterocycles. The summed E-state index contributed by atoms with van der Waals surface area (Å²) in [4.78, 5) is 16.3. The normalized spacial score (nSPS) is 21.4. The Bertz CT molecular complexity index is 957. The van der Waals surface area contributed by atoms with Gasteiger partial charge >= 0.3 is 0 Å². The second-order valence-electron chi connectivity index (χ2n) is 7.32. The number of nitrogens with zero attached hydrogens (tertiary/aromatic N) is 1. The Balaban J connectivity index is 1.46. The first-order chi connectivity index (χ1) is 12.3. The lowest BCUT2D eigenvalue weighted by Gasteiger charge is -2.18. The van der Waals surface area contributed by atoms with Gasteiger partial charge in [0.2, 0.25) is 5.91 Å². The molecule has 2 aliphatic carbocycles. The molecule has 2 heterocycles. The molecule has 4 heteroatoms. The van der Waals surface area contributed by atoms with Crippen LogP contribution in [0.3, 0.4) is 0 Å². The fourth-order valence-electron chi connectivity index (χ4n) is 3.52. The zero-order chi connectivity index (χ0) is 16.8. The third-order valence-electron chi connectivity index (χ3n) is 5.28. The summed E-state index contributed by atoms with van der Waals surface area (Å²) in [5.74, 6) is 1.08. The maximum atomic E-state index is 11.9. The van der Waals surface area contributed by atoms with Gasteiger partial charge in [-0.15, -0.1) is 0 Å². The summed E-state index contributed by atoms with van der Waals surface area (Å²) in [5.41, 5.74) is 3.86. The van der Waals surface area contributed by atoms with Gasteiger partial charge in [-0.1, -0.05) is 12.1 Å². The summed E-state index contributed by atoms with van der Waals surface area (Å²) >= 11 is 0. The number of nitrogens with one attached hydrogen (secondary N) is 2. The largest absolute Gasteiger partial charge is 0.368 e. The minimum absolute atomic E-state index is 0.119. The lowest BCUT2D eigenvalue weighted by atomic mass is 9.97. The Kier molecular flexibility index (Phi) is 3.37. The number of pyridine rings is 1. The first-order valence-corrected chi connectivity index (χ1v) is 9.11. The Morgan fingerprint density at radius 2 is 2.00 bits per heavy atom. The summed E-state index contributed by atoms with van der Waals surface area (Å²) < 4.78 is 0. The molecular formula is C21H21N3O. The van der Waals surface area contributed by atoms with E-state index in [2.05, 4.69) is 46.0 Å². The van der Waals surface area contributed by atoms with Crippen molar-refractivity contribution in [2.75, 3.05) is 0 Å². The molecule has 3 aliphatic rings. The highest BCUT2D eigenvalue weighted by molar-refractivity contribution is 5.82. The Morgan fingerprint density at radius 3 is 2.80 bits per heavy atom. The number of hydrogen-bond donors (Lipinski definition) is 2. The Morgan fingerprint density at radius 1 is 1.12 bits per heavy atom. The molecule has 1 aromatic heterocycles. The highest BCUT2D eigenvalue weighted by Gasteiger charge is 2.30. The predicted molar refractivity (Wildman–Crippen MR) is 97.6 cm³/mol. The average Bonchev–Trinajstić information content (AvgIpc) is 3.54. The third kappa shape index (κ3) is 2.93. The molecule has 4 nitrogen and oxygen atoms in total. The third-order valence-corrected chi connectivity index (χ3v) is 5.28. The fourth-order valence-corrected chi connectivity index (χ4v) is 3.52. The van der Waals surface area contributed by atoms with E-state index in [0.717, 1.165) is 23.3 Å². The molecule has 25 heavy (non-hydrogen) atoms. The number of fused-ring (bicyclic) bond motifs is 1. The SMILES string of the molecule is O=C(NC1C=c2ccc(-c3cnccc3C3CC3)cc2=CN1)C1CC1. The average molecular weight is 331 g/mol. The molecule has 0 radical (unpaired) electrons. The molecule has 1 unspecified atom stereocenters. The van der Waals surface area contributed by atoms with Gasteiger partial charge in [-0.3, -0.25) is 9.78 Å². The molecule has 0 bridgehead atoms. The Hall–Kier alpha value is -2.62. The van der Waals surface area contributed by atoms with Gasteiger partial charge in [-0.2, -0.15) is 0 Å². The highest BCUT2D eigenvalue weighted by Crippen LogP contribution is 2.43. The van der Waals surface area contributed by atoms with E-state index in [4.69, 9.17) is 0 Å². The summed E-state index contributed by atoms with van der Waals surface area (Å²) in [6.07, 6.45) is 12.5. The van der Waals surface area contributed by atoms with E-state index >= 15 is 0 Å². The lowest BCUT2D eigenvalue weighted by molar-refractivity contribution is -0.122. The number of aromatic nitrogens is 1. The van der Waals surface area contributed by atoms with Crippen molar-refractivity contribution in [3.8, 4) is 11.1 Å². The van der Waals surface area contributed by atoms with Crippen LogP contribution in [0.4, 0.5) is 0 Å². The maximum Gasteiger partial charge on any atom is 0.224 e. The topological polar surface area (TPSA) is 54.0 Å². The van der Waals surface area contributed by atoms with E-state index in [1.165, 1.54) is 29.5 Å². The van der Waals surface area contributed by atoms with E-state index in [0.29, 0.717) is 5.92 Å². The minimum Gasteiger partial charge on any atom is -0.368 e. The van der Waals surface area contributed by atoms with Crippen molar-refractivity contribution in [3.05, 3.63) is 52.7 Å². The van der Waals surface area contributed by atoms with Crippen molar-refractivity contribution >= 4 is 18.2 Å². The van der Waals surface area contributed by atoms with Crippen molar-refractivity contribution in [2.45, 2.75) is 37.8 Å².